The number of hydrogen-bond donors (Lipinski definition) is 0. The fraction of sp³-hybridized carbons (Fsp3) is 0.0392. The first-order valence-corrected chi connectivity index (χ1v) is 19.0. The third kappa shape index (κ3) is 5.36. The fourth-order valence-corrected chi connectivity index (χ4v) is 8.55. The summed E-state index contributed by atoms with van der Waals surface area (Å²) in [5, 5.41) is 1.16. The first kappa shape index (κ1) is 32.1. The molecule has 3 heterocycles. The number of aromatic nitrogens is 3. The molecule has 7 aromatic carbocycles. The van der Waals surface area contributed by atoms with Gasteiger partial charge < -0.3 is 9.32 Å². The summed E-state index contributed by atoms with van der Waals surface area (Å²) in [4.78, 5) is 17.6. The van der Waals surface area contributed by atoms with E-state index in [1.807, 2.05) is 36.4 Å². The van der Waals surface area contributed by atoms with Crippen molar-refractivity contribution < 1.29 is 4.42 Å². The molecule has 0 radical (unpaired) electrons. The van der Waals surface area contributed by atoms with E-state index in [0.717, 1.165) is 55.7 Å². The van der Waals surface area contributed by atoms with E-state index in [1.165, 1.54) is 22.5 Å². The minimum absolute atomic E-state index is 0.119. The number of furan rings is 1. The Bertz CT molecular complexity index is 2920. The van der Waals surface area contributed by atoms with E-state index in [9.17, 15) is 0 Å². The van der Waals surface area contributed by atoms with E-state index >= 15 is 0 Å². The van der Waals surface area contributed by atoms with Gasteiger partial charge in [0.15, 0.2) is 17.5 Å². The molecule has 5 heteroatoms. The molecule has 9 aromatic rings. The zero-order valence-corrected chi connectivity index (χ0v) is 30.3. The minimum Gasteiger partial charge on any atom is -0.456 e. The van der Waals surface area contributed by atoms with Gasteiger partial charge in [-0.05, 0) is 64.2 Å². The van der Waals surface area contributed by atoms with Gasteiger partial charge in [-0.2, -0.15) is 0 Å². The smallest absolute Gasteiger partial charge is 0.164 e. The molecule has 2 unspecified atom stereocenters. The van der Waals surface area contributed by atoms with E-state index in [4.69, 9.17) is 19.4 Å². The predicted octanol–water partition coefficient (Wildman–Crippen LogP) is 12.6. The van der Waals surface area contributed by atoms with Gasteiger partial charge in [-0.15, -0.1) is 0 Å². The van der Waals surface area contributed by atoms with Gasteiger partial charge >= 0.3 is 0 Å². The molecular weight excluding hydrogens is 685 g/mol. The summed E-state index contributed by atoms with van der Waals surface area (Å²) in [6, 6.07) is 63.6. The highest BCUT2D eigenvalue weighted by Gasteiger charge is 2.43. The van der Waals surface area contributed by atoms with Crippen molar-refractivity contribution in [3.8, 4) is 56.4 Å². The molecule has 0 saturated carbocycles. The predicted molar refractivity (Wildman–Crippen MR) is 226 cm³/mol. The second-order valence-corrected chi connectivity index (χ2v) is 14.3. The number of nitrogens with zero attached hydrogens (tertiary/aromatic N) is 4. The first-order valence-electron chi connectivity index (χ1n) is 19.0. The van der Waals surface area contributed by atoms with Crippen LogP contribution in [0.3, 0.4) is 0 Å². The maximum Gasteiger partial charge on any atom is 0.164 e. The number of para-hydroxylation sites is 2. The van der Waals surface area contributed by atoms with Gasteiger partial charge in [0.25, 0.3) is 0 Å². The average molecular weight is 719 g/mol. The molecule has 0 saturated heterocycles. The van der Waals surface area contributed by atoms with Crippen LogP contribution in [0.15, 0.2) is 192 Å². The summed E-state index contributed by atoms with van der Waals surface area (Å²) in [6.45, 7) is 0. The molecule has 0 amide bonds. The van der Waals surface area contributed by atoms with Gasteiger partial charge in [0.1, 0.15) is 11.3 Å². The maximum absolute atomic E-state index is 6.62. The molecule has 0 spiro atoms. The van der Waals surface area contributed by atoms with Gasteiger partial charge in [0, 0.05) is 44.9 Å². The van der Waals surface area contributed by atoms with Crippen molar-refractivity contribution in [3.63, 3.8) is 0 Å². The molecule has 11 rings (SSSR count). The van der Waals surface area contributed by atoms with Crippen LogP contribution in [-0.2, 0) is 0 Å². The molecule has 264 valence electrons. The number of anilines is 2. The molecule has 1 aliphatic heterocycles. The van der Waals surface area contributed by atoms with Crippen LogP contribution >= 0.6 is 0 Å². The number of rotatable bonds is 6. The second-order valence-electron chi connectivity index (χ2n) is 14.3. The Balaban J connectivity index is 1.01. The van der Waals surface area contributed by atoms with Crippen LogP contribution in [0, 0.1) is 0 Å². The number of fused-ring (bicyclic) bond motifs is 7. The normalized spacial score (nSPS) is 15.4. The number of hydrogen-bond acceptors (Lipinski definition) is 5. The Morgan fingerprint density at radius 3 is 1.79 bits per heavy atom. The minimum atomic E-state index is 0.119. The lowest BCUT2D eigenvalue weighted by molar-refractivity contribution is 0.584. The van der Waals surface area contributed by atoms with E-state index in [-0.39, 0.29) is 12.0 Å². The fourth-order valence-electron chi connectivity index (χ4n) is 8.55. The Labute approximate surface area is 324 Å². The SMILES string of the molecule is C1=CC2C(c3ccccc3N2c2ccccc2)c2c1oc1cccc(-c3ccc(-c4nc(-c5ccccc5)nc(-c5cccc(-c6ccccc6)c5)n4)cc3)c21. The summed E-state index contributed by atoms with van der Waals surface area (Å²) in [5.74, 6) is 2.94. The highest BCUT2D eigenvalue weighted by molar-refractivity contribution is 6.00. The van der Waals surface area contributed by atoms with E-state index in [0.29, 0.717) is 17.5 Å². The summed E-state index contributed by atoms with van der Waals surface area (Å²) >= 11 is 0. The van der Waals surface area contributed by atoms with Gasteiger partial charge in [0.05, 0.1) is 6.04 Å². The molecule has 1 aliphatic carbocycles. The third-order valence-electron chi connectivity index (χ3n) is 11.1. The molecule has 0 bridgehead atoms. The molecule has 56 heavy (non-hydrogen) atoms. The largest absolute Gasteiger partial charge is 0.456 e. The Morgan fingerprint density at radius 1 is 0.464 bits per heavy atom. The summed E-state index contributed by atoms with van der Waals surface area (Å²) < 4.78 is 6.62. The van der Waals surface area contributed by atoms with Crippen LogP contribution in [0.2, 0.25) is 0 Å². The molecule has 2 atom stereocenters. The van der Waals surface area contributed by atoms with Crippen molar-refractivity contribution in [1.82, 2.24) is 15.0 Å². The van der Waals surface area contributed by atoms with Crippen LogP contribution < -0.4 is 4.90 Å². The van der Waals surface area contributed by atoms with Crippen LogP contribution in [0.1, 0.15) is 22.8 Å². The Morgan fingerprint density at radius 2 is 1.04 bits per heavy atom. The van der Waals surface area contributed by atoms with Crippen LogP contribution in [0.4, 0.5) is 11.4 Å². The lowest BCUT2D eigenvalue weighted by atomic mass is 9.81. The summed E-state index contributed by atoms with van der Waals surface area (Å²) in [7, 11) is 0. The van der Waals surface area contributed by atoms with Gasteiger partial charge in [-0.3, -0.25) is 0 Å². The quantitative estimate of drug-likeness (QED) is 0.171. The monoisotopic (exact) mass is 718 g/mol. The van der Waals surface area contributed by atoms with Crippen molar-refractivity contribution in [2.45, 2.75) is 12.0 Å². The van der Waals surface area contributed by atoms with Crippen LogP contribution in [-0.4, -0.2) is 21.0 Å². The van der Waals surface area contributed by atoms with Crippen LogP contribution in [0.25, 0.3) is 73.5 Å². The summed E-state index contributed by atoms with van der Waals surface area (Å²) in [5.41, 5.74) is 13.2. The molecular formula is C51H34N4O. The maximum atomic E-state index is 6.62. The van der Waals surface area contributed by atoms with Crippen LogP contribution in [0.5, 0.6) is 0 Å². The van der Waals surface area contributed by atoms with E-state index < -0.39 is 0 Å². The lowest BCUT2D eigenvalue weighted by Gasteiger charge is -2.30. The highest BCUT2D eigenvalue weighted by atomic mass is 16.3. The van der Waals surface area contributed by atoms with Gasteiger partial charge in [-0.1, -0.05) is 158 Å². The first-order chi connectivity index (χ1) is 27.8. The van der Waals surface area contributed by atoms with Gasteiger partial charge in [-0.25, -0.2) is 15.0 Å². The van der Waals surface area contributed by atoms with E-state index in [2.05, 4.69) is 163 Å². The zero-order chi connectivity index (χ0) is 37.0. The highest BCUT2D eigenvalue weighted by Crippen LogP contribution is 2.54. The van der Waals surface area contributed by atoms with Gasteiger partial charge in [0.2, 0.25) is 0 Å². The average Bonchev–Trinajstić information content (AvgIpc) is 3.83. The molecule has 5 nitrogen and oxygen atoms in total. The zero-order valence-electron chi connectivity index (χ0n) is 30.3. The van der Waals surface area contributed by atoms with Crippen molar-refractivity contribution >= 4 is 28.4 Å². The Hall–Kier alpha value is -7.37. The van der Waals surface area contributed by atoms with Crippen molar-refractivity contribution in [2.24, 2.45) is 0 Å². The van der Waals surface area contributed by atoms with E-state index in [1.54, 1.807) is 0 Å². The molecule has 2 aromatic heterocycles. The van der Waals surface area contributed by atoms with Crippen molar-refractivity contribution in [2.75, 3.05) is 4.90 Å². The van der Waals surface area contributed by atoms with Crippen molar-refractivity contribution in [3.05, 3.63) is 205 Å². The topological polar surface area (TPSA) is 55.1 Å². The molecule has 2 aliphatic rings. The lowest BCUT2D eigenvalue weighted by Crippen LogP contribution is -2.30. The van der Waals surface area contributed by atoms with Crippen molar-refractivity contribution in [1.29, 1.82) is 0 Å². The molecule has 0 fully saturated rings. The standard InChI is InChI=1S/C51H34N4O/c1-4-14-33(15-5-1)37-18-12-19-38(32-37)51-53-49(35-16-6-2-7-17-35)52-50(54-51)36-28-26-34(27-29-36)40-23-13-25-44-47(40)48-45(56-44)31-30-43-46(48)41-22-10-11-24-42(41)55(43)39-20-8-3-9-21-39/h1-32,43,46H. The molecule has 0 N–H and O–H groups in total. The summed E-state index contributed by atoms with van der Waals surface area (Å²) in [6.07, 6.45) is 4.48. The third-order valence-corrected chi connectivity index (χ3v) is 11.1. The Kier molecular flexibility index (Phi) is 7.56. The number of benzene rings is 7. The second kappa shape index (κ2) is 13.2.